The second-order valence-electron chi connectivity index (χ2n) is 4.42. The summed E-state index contributed by atoms with van der Waals surface area (Å²) >= 11 is 1.99. The third-order valence-corrected chi connectivity index (χ3v) is 4.62. The molecule has 0 bridgehead atoms. The minimum Gasteiger partial charge on any atom is -0.353 e. The largest absolute Gasteiger partial charge is 0.353 e. The molecule has 2 N–H and O–H groups in total. The highest BCUT2D eigenvalue weighted by molar-refractivity contribution is 8.00. The van der Waals surface area contributed by atoms with Crippen molar-refractivity contribution in [3.05, 3.63) is 0 Å². The maximum Gasteiger partial charge on any atom is 0.237 e. The highest BCUT2D eigenvalue weighted by atomic mass is 32.2. The fourth-order valence-corrected chi connectivity index (χ4v) is 3.13. The third-order valence-electron chi connectivity index (χ3n) is 3.08. The molecule has 1 amide bonds. The van der Waals surface area contributed by atoms with Crippen molar-refractivity contribution in [1.82, 2.24) is 10.6 Å². The van der Waals surface area contributed by atoms with Crippen molar-refractivity contribution >= 4 is 17.7 Å². The van der Waals surface area contributed by atoms with Crippen LogP contribution in [0.4, 0.5) is 0 Å². The molecule has 2 aliphatic heterocycles. The van der Waals surface area contributed by atoms with Gasteiger partial charge in [-0.05, 0) is 38.5 Å². The van der Waals surface area contributed by atoms with Gasteiger partial charge in [0, 0.05) is 11.3 Å². The van der Waals surface area contributed by atoms with Crippen molar-refractivity contribution in [1.29, 1.82) is 0 Å². The predicted molar refractivity (Wildman–Crippen MR) is 59.5 cm³/mol. The van der Waals surface area contributed by atoms with Gasteiger partial charge in [0.1, 0.15) is 0 Å². The van der Waals surface area contributed by atoms with E-state index in [1.54, 1.807) is 0 Å². The molecule has 80 valence electrons. The number of amides is 1. The lowest BCUT2D eigenvalue weighted by Crippen LogP contribution is -2.54. The molecule has 0 aromatic heterocycles. The first-order chi connectivity index (χ1) is 6.70. The van der Waals surface area contributed by atoms with E-state index in [0.29, 0.717) is 4.75 Å². The first kappa shape index (κ1) is 10.3. The number of rotatable bonds is 3. The van der Waals surface area contributed by atoms with Gasteiger partial charge in [-0.1, -0.05) is 0 Å². The van der Waals surface area contributed by atoms with Crippen LogP contribution in [0, 0.1) is 0 Å². The number of nitrogens with one attached hydrogen (secondary N) is 2. The van der Waals surface area contributed by atoms with Crippen molar-refractivity contribution in [3.63, 3.8) is 0 Å². The average Bonchev–Trinajstić information content (AvgIpc) is 2.47. The molecule has 2 atom stereocenters. The van der Waals surface area contributed by atoms with E-state index < -0.39 is 0 Å². The van der Waals surface area contributed by atoms with Crippen molar-refractivity contribution < 1.29 is 4.79 Å². The van der Waals surface area contributed by atoms with E-state index in [2.05, 4.69) is 17.6 Å². The van der Waals surface area contributed by atoms with Crippen molar-refractivity contribution in [3.8, 4) is 0 Å². The topological polar surface area (TPSA) is 41.1 Å². The molecule has 0 aliphatic carbocycles. The van der Waals surface area contributed by atoms with Crippen LogP contribution in [0.2, 0.25) is 0 Å². The Morgan fingerprint density at radius 1 is 1.71 bits per heavy atom. The Kier molecular flexibility index (Phi) is 3.02. The van der Waals surface area contributed by atoms with Gasteiger partial charge in [-0.2, -0.15) is 11.8 Å². The summed E-state index contributed by atoms with van der Waals surface area (Å²) in [4.78, 5) is 11.5. The summed E-state index contributed by atoms with van der Waals surface area (Å²) in [7, 11) is 0. The predicted octanol–water partition coefficient (Wildman–Crippen LogP) is 0.750. The van der Waals surface area contributed by atoms with Crippen LogP contribution >= 0.6 is 11.8 Å². The van der Waals surface area contributed by atoms with Gasteiger partial charge < -0.3 is 10.6 Å². The van der Waals surface area contributed by atoms with Crippen LogP contribution in [0.3, 0.4) is 0 Å². The Bertz CT molecular complexity index is 222. The Balaban J connectivity index is 1.72. The van der Waals surface area contributed by atoms with Crippen LogP contribution in [-0.2, 0) is 4.79 Å². The normalized spacial score (nSPS) is 36.5. The molecule has 0 aromatic rings. The zero-order chi connectivity index (χ0) is 10.0. The Hall–Kier alpha value is -0.220. The number of hydrogen-bond donors (Lipinski definition) is 2. The average molecular weight is 214 g/mol. The molecule has 2 fully saturated rings. The fraction of sp³-hybridized carbons (Fsp3) is 0.900. The molecule has 0 spiro atoms. The van der Waals surface area contributed by atoms with Crippen molar-refractivity contribution in [2.75, 3.05) is 18.8 Å². The SMILES string of the molecule is CC1(CNC(=O)[C@H]2CCN2)CCCS1. The Morgan fingerprint density at radius 3 is 3.00 bits per heavy atom. The molecule has 3 nitrogen and oxygen atoms in total. The van der Waals surface area contributed by atoms with Gasteiger partial charge in [-0.15, -0.1) is 0 Å². The van der Waals surface area contributed by atoms with Gasteiger partial charge >= 0.3 is 0 Å². The molecule has 0 radical (unpaired) electrons. The molecule has 4 heteroatoms. The zero-order valence-corrected chi connectivity index (χ0v) is 9.45. The molecule has 2 saturated heterocycles. The van der Waals surface area contributed by atoms with Gasteiger partial charge in [-0.3, -0.25) is 4.79 Å². The van der Waals surface area contributed by atoms with Gasteiger partial charge in [0.25, 0.3) is 0 Å². The van der Waals surface area contributed by atoms with Crippen LogP contribution in [-0.4, -0.2) is 35.5 Å². The molecule has 0 aromatic carbocycles. The summed E-state index contributed by atoms with van der Waals surface area (Å²) in [5.41, 5.74) is 0. The van der Waals surface area contributed by atoms with E-state index in [4.69, 9.17) is 0 Å². The van der Waals surface area contributed by atoms with Gasteiger partial charge in [0.15, 0.2) is 0 Å². The summed E-state index contributed by atoms with van der Waals surface area (Å²) in [6, 6.07) is 0.0880. The van der Waals surface area contributed by atoms with E-state index in [1.165, 1.54) is 18.6 Å². The van der Waals surface area contributed by atoms with E-state index >= 15 is 0 Å². The first-order valence-electron chi connectivity index (χ1n) is 5.35. The second-order valence-corrected chi connectivity index (χ2v) is 6.10. The van der Waals surface area contributed by atoms with Gasteiger partial charge in [0.2, 0.25) is 5.91 Å². The number of carbonyl (C=O) groups excluding carboxylic acids is 1. The standard InChI is InChI=1S/C10H18N2OS/c1-10(4-2-6-14-10)7-12-9(13)8-3-5-11-8/h8,11H,2-7H2,1H3,(H,12,13)/t8-,10?/m1/s1. The number of hydrogen-bond acceptors (Lipinski definition) is 3. The molecular weight excluding hydrogens is 196 g/mol. The number of thioether (sulfide) groups is 1. The van der Waals surface area contributed by atoms with Crippen LogP contribution in [0.1, 0.15) is 26.2 Å². The molecule has 2 aliphatic rings. The van der Waals surface area contributed by atoms with E-state index in [9.17, 15) is 4.79 Å². The van der Waals surface area contributed by atoms with Crippen LogP contribution in [0.5, 0.6) is 0 Å². The first-order valence-corrected chi connectivity index (χ1v) is 6.33. The lowest BCUT2D eigenvalue weighted by atomic mass is 10.0. The minimum atomic E-state index is 0.0880. The van der Waals surface area contributed by atoms with Crippen molar-refractivity contribution in [2.45, 2.75) is 37.0 Å². The zero-order valence-electron chi connectivity index (χ0n) is 8.64. The molecule has 0 saturated carbocycles. The third kappa shape index (κ3) is 2.23. The maximum atomic E-state index is 11.5. The fourth-order valence-electron chi connectivity index (χ4n) is 1.89. The smallest absolute Gasteiger partial charge is 0.237 e. The summed E-state index contributed by atoms with van der Waals surface area (Å²) in [5.74, 6) is 1.43. The molecule has 1 unspecified atom stereocenters. The highest BCUT2D eigenvalue weighted by Crippen LogP contribution is 2.36. The van der Waals surface area contributed by atoms with Crippen LogP contribution in [0.15, 0.2) is 0 Å². The molecular formula is C10H18N2OS. The Labute approximate surface area is 89.4 Å². The highest BCUT2D eigenvalue weighted by Gasteiger charge is 2.31. The lowest BCUT2D eigenvalue weighted by molar-refractivity contribution is -0.124. The van der Waals surface area contributed by atoms with Crippen molar-refractivity contribution in [2.24, 2.45) is 0 Å². The summed E-state index contributed by atoms with van der Waals surface area (Å²) in [6.45, 7) is 4.07. The van der Waals surface area contributed by atoms with E-state index in [1.807, 2.05) is 11.8 Å². The molecule has 14 heavy (non-hydrogen) atoms. The van der Waals surface area contributed by atoms with E-state index in [0.717, 1.165) is 19.5 Å². The summed E-state index contributed by atoms with van der Waals surface area (Å²) in [5, 5.41) is 6.16. The summed E-state index contributed by atoms with van der Waals surface area (Å²) < 4.78 is 0.291. The van der Waals surface area contributed by atoms with Gasteiger partial charge in [0.05, 0.1) is 6.04 Å². The minimum absolute atomic E-state index is 0.0880. The monoisotopic (exact) mass is 214 g/mol. The lowest BCUT2D eigenvalue weighted by Gasteiger charge is -2.29. The second kappa shape index (κ2) is 4.11. The maximum absolute atomic E-state index is 11.5. The summed E-state index contributed by atoms with van der Waals surface area (Å²) in [6.07, 6.45) is 3.52. The van der Waals surface area contributed by atoms with E-state index in [-0.39, 0.29) is 11.9 Å². The van der Waals surface area contributed by atoms with Crippen LogP contribution in [0.25, 0.3) is 0 Å². The Morgan fingerprint density at radius 2 is 2.50 bits per heavy atom. The van der Waals surface area contributed by atoms with Crippen LogP contribution < -0.4 is 10.6 Å². The molecule has 2 rings (SSSR count). The number of carbonyl (C=O) groups is 1. The molecule has 2 heterocycles. The quantitative estimate of drug-likeness (QED) is 0.728. The van der Waals surface area contributed by atoms with Gasteiger partial charge in [-0.25, -0.2) is 0 Å².